The third-order valence-electron chi connectivity index (χ3n) is 3.95. The van der Waals surface area contributed by atoms with Crippen molar-refractivity contribution in [3.05, 3.63) is 20.2 Å². The summed E-state index contributed by atoms with van der Waals surface area (Å²) in [5.74, 6) is -0.572. The van der Waals surface area contributed by atoms with Gasteiger partial charge >= 0.3 is 10.00 Å². The van der Waals surface area contributed by atoms with Crippen molar-refractivity contribution in [1.82, 2.24) is 0 Å². The highest BCUT2D eigenvalue weighted by Gasteiger charge is 2.58. The van der Waals surface area contributed by atoms with Crippen molar-refractivity contribution in [2.24, 2.45) is 9.98 Å². The SMILES string of the molecule is CC1(C)COC(C(Cl)(CCC(Cl)(C2=NC(C)(C)CO2)[N+](=O)[O-])[N+](=O)[O-])=N1. The van der Waals surface area contributed by atoms with Crippen LogP contribution < -0.4 is 0 Å². The molecule has 0 aromatic heterocycles. The molecular weight excluding hydrogens is 391 g/mol. The van der Waals surface area contributed by atoms with E-state index in [0.29, 0.717) is 0 Å². The summed E-state index contributed by atoms with van der Waals surface area (Å²) in [5.41, 5.74) is -1.34. The van der Waals surface area contributed by atoms with E-state index in [1.807, 2.05) is 0 Å². The molecule has 10 nitrogen and oxygen atoms in total. The molecule has 146 valence electrons. The van der Waals surface area contributed by atoms with E-state index in [0.717, 1.165) is 0 Å². The second kappa shape index (κ2) is 6.49. The zero-order valence-corrected chi connectivity index (χ0v) is 16.3. The van der Waals surface area contributed by atoms with E-state index in [1.54, 1.807) is 27.7 Å². The maximum Gasteiger partial charge on any atom is 0.369 e. The van der Waals surface area contributed by atoms with Crippen LogP contribution in [0.15, 0.2) is 9.98 Å². The summed E-state index contributed by atoms with van der Waals surface area (Å²) in [6, 6.07) is 0. The Morgan fingerprint density at radius 2 is 1.23 bits per heavy atom. The van der Waals surface area contributed by atoms with E-state index in [1.165, 1.54) is 0 Å². The summed E-state index contributed by atoms with van der Waals surface area (Å²) in [5, 5.41) is 23.1. The first-order chi connectivity index (χ1) is 11.7. The van der Waals surface area contributed by atoms with Crippen LogP contribution in [0.1, 0.15) is 40.5 Å². The lowest BCUT2D eigenvalue weighted by molar-refractivity contribution is -0.538. The van der Waals surface area contributed by atoms with E-state index >= 15 is 0 Å². The van der Waals surface area contributed by atoms with Gasteiger partial charge < -0.3 is 9.47 Å². The maximum atomic E-state index is 11.6. The minimum absolute atomic E-state index is 0.121. The lowest BCUT2D eigenvalue weighted by Gasteiger charge is -2.22. The van der Waals surface area contributed by atoms with E-state index in [4.69, 9.17) is 32.7 Å². The van der Waals surface area contributed by atoms with Gasteiger partial charge in [0.2, 0.25) is 0 Å². The molecule has 0 saturated heterocycles. The van der Waals surface area contributed by atoms with Gasteiger partial charge in [-0.15, -0.1) is 0 Å². The van der Waals surface area contributed by atoms with Crippen LogP contribution in [0, 0.1) is 20.2 Å². The zero-order chi connectivity index (χ0) is 20.0. The molecule has 0 radical (unpaired) electrons. The van der Waals surface area contributed by atoms with E-state index in [9.17, 15) is 20.2 Å². The summed E-state index contributed by atoms with van der Waals surface area (Å²) < 4.78 is 10.6. The smallest absolute Gasteiger partial charge is 0.369 e. The third-order valence-corrected chi connectivity index (χ3v) is 4.93. The monoisotopic (exact) mass is 410 g/mol. The van der Waals surface area contributed by atoms with Crippen molar-refractivity contribution in [2.75, 3.05) is 13.2 Å². The molecule has 0 bridgehead atoms. The number of rotatable bonds is 7. The molecule has 0 aliphatic carbocycles. The second-order valence-corrected chi connectivity index (χ2v) is 8.82. The number of aliphatic imine (C=N–C) groups is 2. The molecule has 0 saturated carbocycles. The Kier molecular flexibility index (Phi) is 5.15. The fourth-order valence-corrected chi connectivity index (χ4v) is 2.83. The van der Waals surface area contributed by atoms with E-state index in [-0.39, 0.29) is 25.0 Å². The summed E-state index contributed by atoms with van der Waals surface area (Å²) in [4.78, 5) is 25.3. The molecule has 12 heteroatoms. The Balaban J connectivity index is 2.29. The third kappa shape index (κ3) is 3.85. The highest BCUT2D eigenvalue weighted by atomic mass is 35.5. The summed E-state index contributed by atoms with van der Waals surface area (Å²) in [6.07, 6.45) is -0.993. The average Bonchev–Trinajstić information content (AvgIpc) is 3.06. The molecule has 2 atom stereocenters. The van der Waals surface area contributed by atoms with Crippen LogP contribution in [-0.2, 0) is 9.47 Å². The molecule has 0 aromatic carbocycles. The van der Waals surface area contributed by atoms with Crippen LogP contribution in [-0.4, -0.2) is 55.9 Å². The summed E-state index contributed by atoms with van der Waals surface area (Å²) >= 11 is 12.3. The summed E-state index contributed by atoms with van der Waals surface area (Å²) in [6.45, 7) is 7.14. The molecule has 0 amide bonds. The molecule has 0 fully saturated rings. The fraction of sp³-hybridized carbons (Fsp3) is 0.857. The topological polar surface area (TPSA) is 129 Å². The Bertz CT molecular complexity index is 637. The van der Waals surface area contributed by atoms with Gasteiger partial charge in [0, 0.05) is 0 Å². The van der Waals surface area contributed by atoms with Gasteiger partial charge in [-0.2, -0.15) is 0 Å². The summed E-state index contributed by atoms with van der Waals surface area (Å²) in [7, 11) is 0. The quantitative estimate of drug-likeness (QED) is 0.274. The van der Waals surface area contributed by atoms with Gasteiger partial charge in [0.1, 0.15) is 13.2 Å². The Labute approximate surface area is 159 Å². The number of hydrogen-bond donors (Lipinski definition) is 0. The van der Waals surface area contributed by atoms with Crippen LogP contribution in [0.5, 0.6) is 0 Å². The molecule has 0 aromatic rings. The number of hydrogen-bond acceptors (Lipinski definition) is 8. The van der Waals surface area contributed by atoms with Gasteiger partial charge in [0.05, 0.1) is 33.8 Å². The zero-order valence-electron chi connectivity index (χ0n) is 14.8. The van der Waals surface area contributed by atoms with Crippen LogP contribution in [0.2, 0.25) is 0 Å². The van der Waals surface area contributed by atoms with Crippen LogP contribution in [0.4, 0.5) is 0 Å². The highest BCUT2D eigenvalue weighted by molar-refractivity contribution is 6.35. The van der Waals surface area contributed by atoms with Crippen molar-refractivity contribution < 1.29 is 19.3 Å². The molecule has 0 N–H and O–H groups in total. The van der Waals surface area contributed by atoms with Crippen LogP contribution >= 0.6 is 23.2 Å². The Hall–Kier alpha value is -1.68. The first-order valence-corrected chi connectivity index (χ1v) is 8.61. The maximum absolute atomic E-state index is 11.6. The van der Waals surface area contributed by atoms with Crippen molar-refractivity contribution in [3.8, 4) is 0 Å². The minimum atomic E-state index is -2.27. The van der Waals surface area contributed by atoms with Crippen molar-refractivity contribution in [2.45, 2.75) is 61.6 Å². The largest absolute Gasteiger partial charge is 0.472 e. The predicted octanol–water partition coefficient (Wildman–Crippen LogP) is 2.60. The average molecular weight is 411 g/mol. The molecule has 2 rings (SSSR count). The minimum Gasteiger partial charge on any atom is -0.472 e. The molecule has 26 heavy (non-hydrogen) atoms. The van der Waals surface area contributed by atoms with Gasteiger partial charge in [-0.05, 0) is 50.9 Å². The number of alkyl halides is 2. The number of halogens is 2. The molecule has 0 spiro atoms. The number of nitrogens with zero attached hydrogens (tertiary/aromatic N) is 4. The van der Waals surface area contributed by atoms with Crippen molar-refractivity contribution in [1.29, 1.82) is 0 Å². The standard InChI is InChI=1S/C14H20Cl2N4O6/c1-11(2)7-25-9(17-11)13(15,19(21)22)5-6-14(16,20(23)24)10-18-12(3,4)8-26-10/h5-8H2,1-4H3. The van der Waals surface area contributed by atoms with Crippen molar-refractivity contribution >= 4 is 35.0 Å². The second-order valence-electron chi connectivity index (χ2n) is 7.57. The van der Waals surface area contributed by atoms with Gasteiger partial charge in [-0.3, -0.25) is 20.2 Å². The molecule has 2 aliphatic heterocycles. The highest BCUT2D eigenvalue weighted by Crippen LogP contribution is 2.37. The van der Waals surface area contributed by atoms with E-state index in [2.05, 4.69) is 9.98 Å². The van der Waals surface area contributed by atoms with Gasteiger partial charge in [-0.25, -0.2) is 9.98 Å². The van der Waals surface area contributed by atoms with Gasteiger partial charge in [0.25, 0.3) is 11.8 Å². The Morgan fingerprint density at radius 1 is 0.923 bits per heavy atom. The normalized spacial score (nSPS) is 25.2. The van der Waals surface area contributed by atoms with Gasteiger partial charge in [-0.1, -0.05) is 0 Å². The molecule has 2 heterocycles. The van der Waals surface area contributed by atoms with Crippen LogP contribution in [0.3, 0.4) is 0 Å². The first-order valence-electron chi connectivity index (χ1n) is 7.85. The first kappa shape index (κ1) is 20.6. The number of nitro groups is 2. The van der Waals surface area contributed by atoms with E-state index < -0.39 is 43.8 Å². The lowest BCUT2D eigenvalue weighted by Crippen LogP contribution is -2.47. The molecule has 2 unspecified atom stereocenters. The fourth-order valence-electron chi connectivity index (χ4n) is 2.45. The molecule has 2 aliphatic rings. The lowest BCUT2D eigenvalue weighted by atomic mass is 10.0. The van der Waals surface area contributed by atoms with Gasteiger partial charge in [0.15, 0.2) is 0 Å². The number of ether oxygens (including phenoxy) is 2. The molecular formula is C14H20Cl2N4O6. The predicted molar refractivity (Wildman–Crippen MR) is 95.3 cm³/mol. The van der Waals surface area contributed by atoms with Crippen molar-refractivity contribution in [3.63, 3.8) is 0 Å². The van der Waals surface area contributed by atoms with Crippen LogP contribution in [0.25, 0.3) is 0 Å². The Morgan fingerprint density at radius 3 is 1.42 bits per heavy atom.